The zero-order chi connectivity index (χ0) is 33.5. The number of sulfonamides is 1. The Hall–Kier alpha value is -3.47. The maximum atomic E-state index is 14.4. The minimum absolute atomic E-state index is 0.102. The van der Waals surface area contributed by atoms with E-state index in [0.29, 0.717) is 33.6 Å². The lowest BCUT2D eigenvalue weighted by Crippen LogP contribution is -2.52. The maximum absolute atomic E-state index is 14.4. The quantitative estimate of drug-likeness (QED) is 0.212. The summed E-state index contributed by atoms with van der Waals surface area (Å²) in [5.41, 5.74) is 2.36. The van der Waals surface area contributed by atoms with Crippen LogP contribution in [0.4, 0.5) is 5.69 Å². The molecule has 1 N–H and O–H groups in total. The Morgan fingerprint density at radius 1 is 0.911 bits per heavy atom. The van der Waals surface area contributed by atoms with Crippen LogP contribution in [0, 0.1) is 19.8 Å². The molecule has 0 heterocycles. The first-order valence-corrected chi connectivity index (χ1v) is 16.8. The molecule has 0 aliphatic carbocycles. The summed E-state index contributed by atoms with van der Waals surface area (Å²) in [7, 11) is -1.48. The van der Waals surface area contributed by atoms with Gasteiger partial charge in [-0.15, -0.1) is 0 Å². The van der Waals surface area contributed by atoms with Crippen molar-refractivity contribution in [1.29, 1.82) is 0 Å². The zero-order valence-electron chi connectivity index (χ0n) is 26.7. The number of rotatable bonds is 14. The highest BCUT2D eigenvalue weighted by Gasteiger charge is 2.35. The van der Waals surface area contributed by atoms with Crippen molar-refractivity contribution in [2.45, 2.75) is 58.5 Å². The molecule has 1 unspecified atom stereocenters. The monoisotopic (exact) mass is 677 g/mol. The third-order valence-corrected chi connectivity index (χ3v) is 9.65. The zero-order valence-corrected chi connectivity index (χ0v) is 29.0. The molecule has 45 heavy (non-hydrogen) atoms. The normalized spacial score (nSPS) is 12.0. The van der Waals surface area contributed by atoms with Gasteiger partial charge in [0.1, 0.15) is 12.6 Å². The fourth-order valence-electron chi connectivity index (χ4n) is 4.92. The van der Waals surface area contributed by atoms with E-state index in [1.54, 1.807) is 37.3 Å². The summed E-state index contributed by atoms with van der Waals surface area (Å²) in [5.74, 6) is -0.218. The Bertz CT molecular complexity index is 1590. The summed E-state index contributed by atoms with van der Waals surface area (Å²) < 4.78 is 40.4. The Labute approximate surface area is 276 Å². The van der Waals surface area contributed by atoms with E-state index in [1.807, 2.05) is 33.8 Å². The van der Waals surface area contributed by atoms with Crippen LogP contribution in [0.15, 0.2) is 59.5 Å². The topological polar surface area (TPSA) is 105 Å². The molecule has 0 saturated carbocycles. The third-order valence-electron chi connectivity index (χ3n) is 7.18. The van der Waals surface area contributed by atoms with Gasteiger partial charge in [0, 0.05) is 34.8 Å². The Morgan fingerprint density at radius 3 is 2.04 bits per heavy atom. The molecule has 0 aliphatic heterocycles. The van der Waals surface area contributed by atoms with Gasteiger partial charge in [0.15, 0.2) is 11.5 Å². The first-order chi connectivity index (χ1) is 21.2. The number of ether oxygens (including phenoxy) is 2. The second-order valence-corrected chi connectivity index (χ2v) is 13.8. The molecule has 0 spiro atoms. The van der Waals surface area contributed by atoms with Crippen molar-refractivity contribution in [2.24, 2.45) is 5.92 Å². The molecule has 1 atom stereocenters. The Morgan fingerprint density at radius 2 is 1.51 bits per heavy atom. The molecule has 3 aromatic carbocycles. The number of benzene rings is 3. The summed E-state index contributed by atoms with van der Waals surface area (Å²) in [5, 5.41) is 3.55. The maximum Gasteiger partial charge on any atom is 0.264 e. The van der Waals surface area contributed by atoms with E-state index in [1.165, 1.54) is 37.3 Å². The van der Waals surface area contributed by atoms with E-state index in [9.17, 15) is 18.0 Å². The molecule has 3 rings (SSSR count). The Kier molecular flexibility index (Phi) is 12.6. The van der Waals surface area contributed by atoms with Gasteiger partial charge in [0.25, 0.3) is 10.0 Å². The highest BCUT2D eigenvalue weighted by atomic mass is 35.5. The number of nitrogens with zero attached hydrogens (tertiary/aromatic N) is 2. The fourth-order valence-corrected chi connectivity index (χ4v) is 6.85. The summed E-state index contributed by atoms with van der Waals surface area (Å²) in [4.78, 5) is 29.1. The van der Waals surface area contributed by atoms with Crippen molar-refractivity contribution in [3.63, 3.8) is 0 Å². The molecule has 0 fully saturated rings. The van der Waals surface area contributed by atoms with E-state index >= 15 is 0 Å². The third kappa shape index (κ3) is 8.83. The summed E-state index contributed by atoms with van der Waals surface area (Å²) in [6.45, 7) is 9.11. The smallest absolute Gasteiger partial charge is 0.264 e. The van der Waals surface area contributed by atoms with Gasteiger partial charge in [-0.05, 0) is 73.7 Å². The highest BCUT2D eigenvalue weighted by Crippen LogP contribution is 2.33. The number of hydrogen-bond donors (Lipinski definition) is 1. The summed E-state index contributed by atoms with van der Waals surface area (Å²) in [6.07, 6.45) is 0.268. The van der Waals surface area contributed by atoms with Gasteiger partial charge in [-0.1, -0.05) is 56.1 Å². The van der Waals surface area contributed by atoms with Crippen molar-refractivity contribution in [3.8, 4) is 11.5 Å². The number of amides is 2. The molecule has 244 valence electrons. The number of hydrogen-bond acceptors (Lipinski definition) is 6. The lowest BCUT2D eigenvalue weighted by molar-refractivity contribution is -0.140. The molecular formula is C33H41Cl2N3O6S. The number of aryl methyl sites for hydroxylation is 2. The number of anilines is 1. The molecule has 0 aromatic heterocycles. The van der Waals surface area contributed by atoms with Crippen molar-refractivity contribution in [3.05, 3.63) is 81.3 Å². The first-order valence-electron chi connectivity index (χ1n) is 14.6. The average Bonchev–Trinajstić information content (AvgIpc) is 2.98. The van der Waals surface area contributed by atoms with Gasteiger partial charge >= 0.3 is 0 Å². The first kappa shape index (κ1) is 36.0. The van der Waals surface area contributed by atoms with E-state index in [4.69, 9.17) is 32.7 Å². The minimum Gasteiger partial charge on any atom is -0.493 e. The van der Waals surface area contributed by atoms with Crippen LogP contribution in [0.5, 0.6) is 11.5 Å². The van der Waals surface area contributed by atoms with Crippen LogP contribution in [0.2, 0.25) is 10.0 Å². The predicted octanol–water partition coefficient (Wildman–Crippen LogP) is 6.40. The van der Waals surface area contributed by atoms with Crippen LogP contribution in [0.3, 0.4) is 0 Å². The van der Waals surface area contributed by atoms with E-state index in [2.05, 4.69) is 5.32 Å². The minimum atomic E-state index is -4.34. The lowest BCUT2D eigenvalue weighted by atomic mass is 10.1. The van der Waals surface area contributed by atoms with Crippen LogP contribution in [-0.2, 0) is 26.2 Å². The van der Waals surface area contributed by atoms with Gasteiger partial charge in [-0.2, -0.15) is 0 Å². The largest absolute Gasteiger partial charge is 0.493 e. The molecule has 2 amide bonds. The van der Waals surface area contributed by atoms with E-state index < -0.39 is 28.5 Å². The number of halogens is 2. The average molecular weight is 679 g/mol. The van der Waals surface area contributed by atoms with E-state index in [-0.39, 0.29) is 35.4 Å². The van der Waals surface area contributed by atoms with Crippen LogP contribution < -0.4 is 19.1 Å². The van der Waals surface area contributed by atoms with Crippen LogP contribution >= 0.6 is 23.2 Å². The van der Waals surface area contributed by atoms with Crippen molar-refractivity contribution < 1.29 is 27.5 Å². The van der Waals surface area contributed by atoms with Crippen molar-refractivity contribution >= 4 is 50.7 Å². The van der Waals surface area contributed by atoms with Gasteiger partial charge in [-0.25, -0.2) is 8.42 Å². The molecule has 3 aromatic rings. The van der Waals surface area contributed by atoms with Crippen molar-refractivity contribution in [2.75, 3.05) is 31.6 Å². The van der Waals surface area contributed by atoms with Crippen LogP contribution in [0.1, 0.15) is 43.9 Å². The molecule has 0 bridgehead atoms. The van der Waals surface area contributed by atoms with Gasteiger partial charge in [0.2, 0.25) is 11.8 Å². The molecule has 0 radical (unpaired) electrons. The van der Waals surface area contributed by atoms with Gasteiger partial charge in [-0.3, -0.25) is 13.9 Å². The summed E-state index contributed by atoms with van der Waals surface area (Å²) in [6, 6.07) is 13.6. The van der Waals surface area contributed by atoms with Crippen LogP contribution in [-0.4, -0.2) is 58.5 Å². The molecule has 9 nitrogen and oxygen atoms in total. The lowest BCUT2D eigenvalue weighted by Gasteiger charge is -2.34. The second-order valence-electron chi connectivity index (χ2n) is 11.2. The SMILES string of the molecule is CCC(C(=O)NCC(C)C)N(Cc1c(Cl)cccc1Cl)C(=O)CN(c1cc(C)cc(C)c1)S(=O)(=O)c1ccc(OC)c(OC)c1. The Balaban J connectivity index is 2.16. The fraction of sp³-hybridized carbons (Fsp3) is 0.394. The summed E-state index contributed by atoms with van der Waals surface area (Å²) >= 11 is 13.0. The number of carbonyl (C=O) groups is 2. The molecular weight excluding hydrogens is 637 g/mol. The standard InChI is InChI=1S/C33H41Cl2N3O6S/c1-8-29(33(40)36-18-21(2)3)37(19-26-27(34)10-9-11-28(26)35)32(39)20-38(24-15-22(4)14-23(5)16-24)45(41,42)25-12-13-30(43-6)31(17-25)44-7/h9-17,21,29H,8,18-20H2,1-7H3,(H,36,40). The van der Waals surface area contributed by atoms with Gasteiger partial charge < -0.3 is 19.7 Å². The molecule has 12 heteroatoms. The van der Waals surface area contributed by atoms with Gasteiger partial charge in [0.05, 0.1) is 24.8 Å². The second kappa shape index (κ2) is 15.7. The molecule has 0 saturated heterocycles. The number of nitrogens with one attached hydrogen (secondary N) is 1. The van der Waals surface area contributed by atoms with Crippen molar-refractivity contribution in [1.82, 2.24) is 10.2 Å². The van der Waals surface area contributed by atoms with Crippen LogP contribution in [0.25, 0.3) is 0 Å². The highest BCUT2D eigenvalue weighted by molar-refractivity contribution is 7.92. The van der Waals surface area contributed by atoms with E-state index in [0.717, 1.165) is 15.4 Å². The number of carbonyl (C=O) groups excluding carboxylic acids is 2. The number of methoxy groups -OCH3 is 2. The molecule has 0 aliphatic rings. The predicted molar refractivity (Wildman–Crippen MR) is 179 cm³/mol.